The van der Waals surface area contributed by atoms with E-state index in [2.05, 4.69) is 0 Å². The van der Waals surface area contributed by atoms with Crippen molar-refractivity contribution in [3.63, 3.8) is 0 Å². The fourth-order valence-corrected chi connectivity index (χ4v) is 2.08. The first kappa shape index (κ1) is 9.86. The summed E-state index contributed by atoms with van der Waals surface area (Å²) >= 11 is 1.58. The average molecular weight is 219 g/mol. The van der Waals surface area contributed by atoms with E-state index in [1.54, 1.807) is 30.4 Å². The molecule has 15 heavy (non-hydrogen) atoms. The number of hydrogen-bond acceptors (Lipinski definition) is 3. The predicted octanol–water partition coefficient (Wildman–Crippen LogP) is 3.63. The largest absolute Gasteiger partial charge is 0.272 e. The SMILES string of the molecule is Cc1ccc(-c2ccsc2)cc1[N+](=O)[O-]. The molecule has 0 spiro atoms. The fraction of sp³-hybridized carbons (Fsp3) is 0.0909. The summed E-state index contributed by atoms with van der Waals surface area (Å²) in [7, 11) is 0. The quantitative estimate of drug-likeness (QED) is 0.571. The molecular weight excluding hydrogens is 210 g/mol. The number of hydrogen-bond donors (Lipinski definition) is 0. The van der Waals surface area contributed by atoms with Gasteiger partial charge in [0.15, 0.2) is 0 Å². The van der Waals surface area contributed by atoms with Gasteiger partial charge in [0.1, 0.15) is 0 Å². The molecule has 2 rings (SSSR count). The van der Waals surface area contributed by atoms with E-state index < -0.39 is 0 Å². The first-order valence-electron chi connectivity index (χ1n) is 4.46. The van der Waals surface area contributed by atoms with Crippen molar-refractivity contribution in [3.8, 4) is 11.1 Å². The van der Waals surface area contributed by atoms with Crippen LogP contribution in [-0.2, 0) is 0 Å². The summed E-state index contributed by atoms with van der Waals surface area (Å²) in [5, 5.41) is 14.7. The molecule has 4 heteroatoms. The summed E-state index contributed by atoms with van der Waals surface area (Å²) in [6.07, 6.45) is 0. The Morgan fingerprint density at radius 3 is 2.67 bits per heavy atom. The van der Waals surface area contributed by atoms with E-state index in [1.165, 1.54) is 0 Å². The maximum atomic E-state index is 10.8. The van der Waals surface area contributed by atoms with Crippen molar-refractivity contribution in [2.75, 3.05) is 0 Å². The highest BCUT2D eigenvalue weighted by molar-refractivity contribution is 7.08. The second-order valence-electron chi connectivity index (χ2n) is 3.27. The summed E-state index contributed by atoms with van der Waals surface area (Å²) in [5.74, 6) is 0. The van der Waals surface area contributed by atoms with Crippen LogP contribution >= 0.6 is 11.3 Å². The van der Waals surface area contributed by atoms with Gasteiger partial charge < -0.3 is 0 Å². The van der Waals surface area contributed by atoms with Crippen molar-refractivity contribution >= 4 is 17.0 Å². The van der Waals surface area contributed by atoms with Gasteiger partial charge in [-0.25, -0.2) is 0 Å². The van der Waals surface area contributed by atoms with Crippen molar-refractivity contribution < 1.29 is 4.92 Å². The molecule has 1 aromatic carbocycles. The first-order chi connectivity index (χ1) is 7.18. The van der Waals surface area contributed by atoms with Gasteiger partial charge in [-0.3, -0.25) is 10.1 Å². The van der Waals surface area contributed by atoms with Gasteiger partial charge >= 0.3 is 0 Å². The van der Waals surface area contributed by atoms with Crippen LogP contribution < -0.4 is 0 Å². The van der Waals surface area contributed by atoms with E-state index in [0.717, 1.165) is 11.1 Å². The fourth-order valence-electron chi connectivity index (χ4n) is 1.41. The Bertz CT molecular complexity index is 491. The minimum atomic E-state index is -0.342. The Kier molecular flexibility index (Phi) is 2.51. The maximum Gasteiger partial charge on any atom is 0.272 e. The molecular formula is C11H9NO2S. The van der Waals surface area contributed by atoms with Crippen LogP contribution in [0.25, 0.3) is 11.1 Å². The van der Waals surface area contributed by atoms with E-state index in [0.29, 0.717) is 5.56 Å². The smallest absolute Gasteiger partial charge is 0.258 e. The lowest BCUT2D eigenvalue weighted by atomic mass is 10.1. The molecule has 1 aromatic heterocycles. The molecule has 0 amide bonds. The van der Waals surface area contributed by atoms with E-state index in [9.17, 15) is 10.1 Å². The molecule has 0 aliphatic rings. The lowest BCUT2D eigenvalue weighted by Crippen LogP contribution is -1.91. The summed E-state index contributed by atoms with van der Waals surface area (Å²) in [6, 6.07) is 7.27. The normalized spacial score (nSPS) is 10.2. The Labute approximate surface area is 91.1 Å². The lowest BCUT2D eigenvalue weighted by Gasteiger charge is -2.00. The molecule has 2 aromatic rings. The van der Waals surface area contributed by atoms with E-state index in [1.807, 2.05) is 22.9 Å². The van der Waals surface area contributed by atoms with Gasteiger partial charge in [0.2, 0.25) is 0 Å². The van der Waals surface area contributed by atoms with Gasteiger partial charge in [-0.1, -0.05) is 12.1 Å². The zero-order valence-corrected chi connectivity index (χ0v) is 8.95. The Morgan fingerprint density at radius 1 is 1.27 bits per heavy atom. The van der Waals surface area contributed by atoms with Crippen LogP contribution in [0.2, 0.25) is 0 Å². The number of rotatable bonds is 2. The predicted molar refractivity (Wildman–Crippen MR) is 61.1 cm³/mol. The molecule has 3 nitrogen and oxygen atoms in total. The summed E-state index contributed by atoms with van der Waals surface area (Å²) in [4.78, 5) is 10.4. The number of thiophene rings is 1. The third-order valence-electron chi connectivity index (χ3n) is 2.26. The molecule has 0 N–H and O–H groups in total. The van der Waals surface area contributed by atoms with Gasteiger partial charge in [-0.05, 0) is 34.9 Å². The molecule has 0 saturated carbocycles. The van der Waals surface area contributed by atoms with Crippen LogP contribution in [0.5, 0.6) is 0 Å². The molecule has 0 aliphatic carbocycles. The zero-order chi connectivity index (χ0) is 10.8. The number of nitro benzene ring substituents is 1. The highest BCUT2D eigenvalue weighted by Crippen LogP contribution is 2.27. The van der Waals surface area contributed by atoms with Crippen molar-refractivity contribution in [2.24, 2.45) is 0 Å². The minimum absolute atomic E-state index is 0.179. The standard InChI is InChI=1S/C11H9NO2S/c1-8-2-3-9(6-11(8)12(13)14)10-4-5-15-7-10/h2-7H,1H3. The molecule has 0 aliphatic heterocycles. The molecule has 0 radical (unpaired) electrons. The molecule has 0 atom stereocenters. The molecule has 0 saturated heterocycles. The van der Waals surface area contributed by atoms with Gasteiger partial charge in [-0.2, -0.15) is 11.3 Å². The molecule has 76 valence electrons. The molecule has 0 bridgehead atoms. The van der Waals surface area contributed by atoms with Gasteiger partial charge in [0, 0.05) is 11.6 Å². The van der Waals surface area contributed by atoms with E-state index in [-0.39, 0.29) is 10.6 Å². The topological polar surface area (TPSA) is 43.1 Å². The van der Waals surface area contributed by atoms with Crippen LogP contribution in [0.4, 0.5) is 5.69 Å². The summed E-state index contributed by atoms with van der Waals surface area (Å²) in [5.41, 5.74) is 2.80. The maximum absolute atomic E-state index is 10.8. The highest BCUT2D eigenvalue weighted by Gasteiger charge is 2.11. The van der Waals surface area contributed by atoms with Gasteiger partial charge in [-0.15, -0.1) is 0 Å². The van der Waals surface area contributed by atoms with Crippen molar-refractivity contribution in [3.05, 3.63) is 50.7 Å². The zero-order valence-electron chi connectivity index (χ0n) is 8.14. The highest BCUT2D eigenvalue weighted by atomic mass is 32.1. The second-order valence-corrected chi connectivity index (χ2v) is 4.05. The third-order valence-corrected chi connectivity index (χ3v) is 2.94. The van der Waals surface area contributed by atoms with E-state index >= 15 is 0 Å². The number of benzene rings is 1. The monoisotopic (exact) mass is 219 g/mol. The Hall–Kier alpha value is -1.68. The molecule has 0 unspecified atom stereocenters. The van der Waals surface area contributed by atoms with Crippen LogP contribution in [0.15, 0.2) is 35.0 Å². The first-order valence-corrected chi connectivity index (χ1v) is 5.40. The van der Waals surface area contributed by atoms with Crippen LogP contribution in [0, 0.1) is 17.0 Å². The Balaban J connectivity index is 2.52. The lowest BCUT2D eigenvalue weighted by molar-refractivity contribution is -0.385. The van der Waals surface area contributed by atoms with Crippen molar-refractivity contribution in [1.82, 2.24) is 0 Å². The van der Waals surface area contributed by atoms with Crippen LogP contribution in [0.3, 0.4) is 0 Å². The van der Waals surface area contributed by atoms with Crippen LogP contribution in [0.1, 0.15) is 5.56 Å². The summed E-state index contributed by atoms with van der Waals surface area (Å²) < 4.78 is 0. The number of nitrogens with zero attached hydrogens (tertiary/aromatic N) is 1. The second kappa shape index (κ2) is 3.82. The van der Waals surface area contributed by atoms with Gasteiger partial charge in [0.05, 0.1) is 4.92 Å². The number of nitro groups is 1. The van der Waals surface area contributed by atoms with E-state index in [4.69, 9.17) is 0 Å². The average Bonchev–Trinajstić information content (AvgIpc) is 2.71. The Morgan fingerprint density at radius 2 is 2.07 bits per heavy atom. The molecule has 0 fully saturated rings. The number of aryl methyl sites for hydroxylation is 1. The van der Waals surface area contributed by atoms with Crippen molar-refractivity contribution in [2.45, 2.75) is 6.92 Å². The van der Waals surface area contributed by atoms with Gasteiger partial charge in [0.25, 0.3) is 5.69 Å². The van der Waals surface area contributed by atoms with Crippen molar-refractivity contribution in [1.29, 1.82) is 0 Å². The minimum Gasteiger partial charge on any atom is -0.258 e. The van der Waals surface area contributed by atoms with Crippen LogP contribution in [-0.4, -0.2) is 4.92 Å². The molecule has 1 heterocycles. The summed E-state index contributed by atoms with van der Waals surface area (Å²) in [6.45, 7) is 1.75. The third kappa shape index (κ3) is 1.89.